The molecule has 0 aliphatic carbocycles. The predicted molar refractivity (Wildman–Crippen MR) is 84.7 cm³/mol. The van der Waals surface area contributed by atoms with Crippen molar-refractivity contribution in [3.63, 3.8) is 0 Å². The van der Waals surface area contributed by atoms with Gasteiger partial charge in [-0.2, -0.15) is 0 Å². The Kier molecular flexibility index (Phi) is 4.71. The maximum Gasteiger partial charge on any atom is 0.162 e. The van der Waals surface area contributed by atoms with Crippen molar-refractivity contribution >= 4 is 28.4 Å². The van der Waals surface area contributed by atoms with Gasteiger partial charge in [0.15, 0.2) is 5.82 Å². The van der Waals surface area contributed by atoms with Crippen molar-refractivity contribution < 1.29 is 4.74 Å². The Balaban J connectivity index is 2.56. The molecule has 0 aliphatic heterocycles. The zero-order valence-electron chi connectivity index (χ0n) is 11.0. The largest absolute Gasteiger partial charge is 0.383 e. The average molecular weight is 369 g/mol. The van der Waals surface area contributed by atoms with Crippen molar-refractivity contribution in [2.45, 2.75) is 20.0 Å². The number of aromatic nitrogens is 2. The van der Waals surface area contributed by atoms with Gasteiger partial charge in [-0.25, -0.2) is 9.97 Å². The second-order valence-corrected chi connectivity index (χ2v) is 5.22. The second kappa shape index (κ2) is 6.29. The molecule has 0 amide bonds. The Labute approximate surface area is 126 Å². The summed E-state index contributed by atoms with van der Waals surface area (Å²) in [7, 11) is 1.65. The van der Waals surface area contributed by atoms with Gasteiger partial charge in [-0.3, -0.25) is 0 Å². The summed E-state index contributed by atoms with van der Waals surface area (Å²) >= 11 is 2.15. The molecule has 0 fully saturated rings. The zero-order chi connectivity index (χ0) is 13.8. The summed E-state index contributed by atoms with van der Waals surface area (Å²) in [5.41, 5.74) is 9.04. The summed E-state index contributed by atoms with van der Waals surface area (Å²) in [6.45, 7) is 2.55. The van der Waals surface area contributed by atoms with E-state index in [2.05, 4.69) is 45.5 Å². The van der Waals surface area contributed by atoms with Crippen LogP contribution in [0.15, 0.2) is 24.3 Å². The molecule has 2 N–H and O–H groups in total. The van der Waals surface area contributed by atoms with Crippen LogP contribution in [0.1, 0.15) is 18.2 Å². The third kappa shape index (κ3) is 3.03. The first-order valence-electron chi connectivity index (χ1n) is 6.06. The van der Waals surface area contributed by atoms with Gasteiger partial charge in [0.1, 0.15) is 5.82 Å². The molecular weight excluding hydrogens is 353 g/mol. The topological polar surface area (TPSA) is 61.0 Å². The zero-order valence-corrected chi connectivity index (χ0v) is 13.1. The summed E-state index contributed by atoms with van der Waals surface area (Å²) in [6, 6.07) is 8.12. The average Bonchev–Trinajstić information content (AvgIpc) is 2.43. The van der Waals surface area contributed by atoms with Crippen LogP contribution in [-0.4, -0.2) is 17.1 Å². The molecule has 0 saturated heterocycles. The molecule has 5 heteroatoms. The van der Waals surface area contributed by atoms with Gasteiger partial charge in [0.25, 0.3) is 0 Å². The van der Waals surface area contributed by atoms with Gasteiger partial charge < -0.3 is 10.5 Å². The van der Waals surface area contributed by atoms with E-state index in [-0.39, 0.29) is 0 Å². The van der Waals surface area contributed by atoms with Gasteiger partial charge in [0.05, 0.1) is 15.9 Å². The SMILES string of the molecule is CCc1ccccc1-c1nc(N)c(I)c(COC)n1. The second-order valence-electron chi connectivity index (χ2n) is 4.14. The molecule has 1 aromatic heterocycles. The van der Waals surface area contributed by atoms with E-state index in [1.807, 2.05) is 18.2 Å². The Morgan fingerprint density at radius 2 is 2.00 bits per heavy atom. The number of methoxy groups -OCH3 is 1. The number of nitrogen functional groups attached to an aromatic ring is 1. The molecule has 100 valence electrons. The molecule has 19 heavy (non-hydrogen) atoms. The lowest BCUT2D eigenvalue weighted by atomic mass is 10.0. The van der Waals surface area contributed by atoms with Gasteiger partial charge in [0.2, 0.25) is 0 Å². The molecule has 0 saturated carbocycles. The standard InChI is InChI=1S/C14H16IN3O/c1-3-9-6-4-5-7-10(9)14-17-11(8-19-2)12(15)13(16)18-14/h4-7H,3,8H2,1-2H3,(H2,16,17,18). The molecular formula is C14H16IN3O. The fourth-order valence-electron chi connectivity index (χ4n) is 1.91. The molecule has 0 unspecified atom stereocenters. The third-order valence-corrected chi connectivity index (χ3v) is 4.04. The van der Waals surface area contributed by atoms with Crippen molar-refractivity contribution in [1.29, 1.82) is 0 Å². The molecule has 0 spiro atoms. The van der Waals surface area contributed by atoms with E-state index in [1.165, 1.54) is 5.56 Å². The molecule has 0 aliphatic rings. The molecule has 1 heterocycles. The number of benzene rings is 1. The number of hydrogen-bond donors (Lipinski definition) is 1. The molecule has 4 nitrogen and oxygen atoms in total. The van der Waals surface area contributed by atoms with Crippen molar-refractivity contribution in [2.75, 3.05) is 12.8 Å². The Morgan fingerprint density at radius 3 is 2.68 bits per heavy atom. The van der Waals surface area contributed by atoms with Crippen LogP contribution in [0.2, 0.25) is 0 Å². The highest BCUT2D eigenvalue weighted by Crippen LogP contribution is 2.25. The highest BCUT2D eigenvalue weighted by molar-refractivity contribution is 14.1. The number of hydrogen-bond acceptors (Lipinski definition) is 4. The van der Waals surface area contributed by atoms with Crippen LogP contribution in [0, 0.1) is 3.57 Å². The van der Waals surface area contributed by atoms with E-state index in [4.69, 9.17) is 10.5 Å². The smallest absolute Gasteiger partial charge is 0.162 e. The quantitative estimate of drug-likeness (QED) is 0.842. The highest BCUT2D eigenvalue weighted by Gasteiger charge is 2.13. The number of nitrogens with two attached hydrogens (primary N) is 1. The molecule has 0 atom stereocenters. The van der Waals surface area contributed by atoms with Crippen LogP contribution in [0.25, 0.3) is 11.4 Å². The van der Waals surface area contributed by atoms with Crippen molar-refractivity contribution in [2.24, 2.45) is 0 Å². The summed E-state index contributed by atoms with van der Waals surface area (Å²) in [5, 5.41) is 0. The van der Waals surface area contributed by atoms with Gasteiger partial charge in [-0.05, 0) is 34.6 Å². The van der Waals surface area contributed by atoms with Crippen molar-refractivity contribution in [3.8, 4) is 11.4 Å². The summed E-state index contributed by atoms with van der Waals surface area (Å²) in [5.74, 6) is 1.17. The van der Waals surface area contributed by atoms with E-state index < -0.39 is 0 Å². The lowest BCUT2D eigenvalue weighted by Gasteiger charge is -2.11. The van der Waals surface area contributed by atoms with E-state index in [1.54, 1.807) is 7.11 Å². The van der Waals surface area contributed by atoms with Gasteiger partial charge >= 0.3 is 0 Å². The van der Waals surface area contributed by atoms with Gasteiger partial charge in [0, 0.05) is 12.7 Å². The van der Waals surface area contributed by atoms with Crippen LogP contribution < -0.4 is 5.73 Å². The van der Waals surface area contributed by atoms with Gasteiger partial charge in [-0.1, -0.05) is 31.2 Å². The Hall–Kier alpha value is -1.21. The van der Waals surface area contributed by atoms with E-state index in [0.717, 1.165) is 21.2 Å². The molecule has 1 aromatic carbocycles. The fraction of sp³-hybridized carbons (Fsp3) is 0.286. The Bertz CT molecular complexity index is 587. The third-order valence-electron chi connectivity index (χ3n) is 2.87. The number of ether oxygens (including phenoxy) is 1. The monoisotopic (exact) mass is 369 g/mol. The van der Waals surface area contributed by atoms with Crippen LogP contribution in [0.5, 0.6) is 0 Å². The van der Waals surface area contributed by atoms with Crippen LogP contribution in [0.3, 0.4) is 0 Å². The van der Waals surface area contributed by atoms with Crippen LogP contribution in [-0.2, 0) is 17.8 Å². The molecule has 2 rings (SSSR count). The summed E-state index contributed by atoms with van der Waals surface area (Å²) in [6.07, 6.45) is 0.936. The number of halogens is 1. The molecule has 0 radical (unpaired) electrons. The summed E-state index contributed by atoms with van der Waals surface area (Å²) in [4.78, 5) is 8.98. The minimum Gasteiger partial charge on any atom is -0.383 e. The number of anilines is 1. The first-order valence-corrected chi connectivity index (χ1v) is 7.14. The predicted octanol–water partition coefficient (Wildman–Crippen LogP) is 3.04. The minimum atomic E-state index is 0.437. The number of rotatable bonds is 4. The fourth-order valence-corrected chi connectivity index (χ4v) is 2.31. The Morgan fingerprint density at radius 1 is 1.26 bits per heavy atom. The lowest BCUT2D eigenvalue weighted by Crippen LogP contribution is -2.06. The van der Waals surface area contributed by atoms with Crippen molar-refractivity contribution in [1.82, 2.24) is 9.97 Å². The first kappa shape index (κ1) is 14.2. The van der Waals surface area contributed by atoms with Crippen LogP contribution >= 0.6 is 22.6 Å². The van der Waals surface area contributed by atoms with E-state index >= 15 is 0 Å². The highest BCUT2D eigenvalue weighted by atomic mass is 127. The minimum absolute atomic E-state index is 0.437. The molecule has 0 bridgehead atoms. The van der Waals surface area contributed by atoms with Gasteiger partial charge in [-0.15, -0.1) is 0 Å². The van der Waals surface area contributed by atoms with E-state index in [9.17, 15) is 0 Å². The summed E-state index contributed by atoms with van der Waals surface area (Å²) < 4.78 is 6.02. The normalized spacial score (nSPS) is 10.7. The van der Waals surface area contributed by atoms with E-state index in [0.29, 0.717) is 18.2 Å². The number of nitrogens with zero attached hydrogens (tertiary/aromatic N) is 2. The lowest BCUT2D eigenvalue weighted by molar-refractivity contribution is 0.181. The first-order chi connectivity index (χ1) is 9.17. The van der Waals surface area contributed by atoms with Crippen molar-refractivity contribution in [3.05, 3.63) is 39.1 Å². The molecule has 2 aromatic rings. The maximum atomic E-state index is 5.97. The number of aryl methyl sites for hydroxylation is 1. The maximum absolute atomic E-state index is 5.97. The van der Waals surface area contributed by atoms with Crippen LogP contribution in [0.4, 0.5) is 5.82 Å².